The van der Waals surface area contributed by atoms with Gasteiger partial charge in [0.2, 0.25) is 0 Å². The molecule has 1 unspecified atom stereocenters. The van der Waals surface area contributed by atoms with E-state index < -0.39 is 0 Å². The zero-order valence-electron chi connectivity index (χ0n) is 10.2. The zero-order valence-corrected chi connectivity index (χ0v) is 10.2. The molecule has 2 aliphatic heterocycles. The monoisotopic (exact) mass is 230 g/mol. The standard InChI is InChI=1S/C14H18N2O/c1-14(7-4-8-17-14)10-16-9-11-5-2-3-6-12(11)13(16)15/h2-3,5-6,15H,4,7-10H2,1H3. The summed E-state index contributed by atoms with van der Waals surface area (Å²) in [6.07, 6.45) is 2.25. The molecule has 1 aromatic carbocycles. The van der Waals surface area contributed by atoms with Gasteiger partial charge in [0.25, 0.3) is 0 Å². The molecule has 2 heterocycles. The molecule has 17 heavy (non-hydrogen) atoms. The Hall–Kier alpha value is -1.35. The highest BCUT2D eigenvalue weighted by Crippen LogP contribution is 2.30. The van der Waals surface area contributed by atoms with Crippen molar-refractivity contribution in [3.05, 3.63) is 35.4 Å². The lowest BCUT2D eigenvalue weighted by molar-refractivity contribution is 0.00399. The summed E-state index contributed by atoms with van der Waals surface area (Å²) in [5, 5.41) is 8.21. The second-order valence-electron chi connectivity index (χ2n) is 5.26. The van der Waals surface area contributed by atoms with Crippen LogP contribution in [0, 0.1) is 5.41 Å². The van der Waals surface area contributed by atoms with E-state index in [0.29, 0.717) is 5.84 Å². The van der Waals surface area contributed by atoms with Crippen molar-refractivity contribution in [1.29, 1.82) is 5.41 Å². The van der Waals surface area contributed by atoms with Gasteiger partial charge in [0.05, 0.1) is 5.60 Å². The molecule has 3 heteroatoms. The van der Waals surface area contributed by atoms with E-state index in [9.17, 15) is 0 Å². The molecule has 1 saturated heterocycles. The molecule has 0 spiro atoms. The molecular formula is C14H18N2O. The predicted molar refractivity (Wildman–Crippen MR) is 67.3 cm³/mol. The maximum Gasteiger partial charge on any atom is 0.128 e. The van der Waals surface area contributed by atoms with Crippen LogP contribution in [-0.4, -0.2) is 29.5 Å². The predicted octanol–water partition coefficient (Wildman–Crippen LogP) is 2.40. The normalized spacial score (nSPS) is 27.6. The van der Waals surface area contributed by atoms with Crippen LogP contribution in [0.25, 0.3) is 0 Å². The molecule has 1 atom stereocenters. The highest BCUT2D eigenvalue weighted by Gasteiger charge is 2.35. The molecule has 0 amide bonds. The van der Waals surface area contributed by atoms with Gasteiger partial charge in [-0.2, -0.15) is 0 Å². The van der Waals surface area contributed by atoms with Crippen LogP contribution in [0.1, 0.15) is 30.9 Å². The summed E-state index contributed by atoms with van der Waals surface area (Å²) in [6.45, 7) is 4.72. The van der Waals surface area contributed by atoms with Crippen LogP contribution in [0.3, 0.4) is 0 Å². The highest BCUT2D eigenvalue weighted by molar-refractivity contribution is 6.00. The summed E-state index contributed by atoms with van der Waals surface area (Å²) in [4.78, 5) is 2.13. The van der Waals surface area contributed by atoms with E-state index in [-0.39, 0.29) is 5.60 Å². The molecule has 1 aromatic rings. The summed E-state index contributed by atoms with van der Waals surface area (Å²) in [5.41, 5.74) is 2.28. The Bertz CT molecular complexity index is 449. The quantitative estimate of drug-likeness (QED) is 0.847. The molecule has 0 radical (unpaired) electrons. The topological polar surface area (TPSA) is 36.3 Å². The lowest BCUT2D eigenvalue weighted by Crippen LogP contribution is -2.40. The maximum atomic E-state index is 8.21. The van der Waals surface area contributed by atoms with Gasteiger partial charge >= 0.3 is 0 Å². The Labute approximate surface area is 102 Å². The van der Waals surface area contributed by atoms with Crippen LogP contribution in [-0.2, 0) is 11.3 Å². The van der Waals surface area contributed by atoms with E-state index in [1.165, 1.54) is 5.56 Å². The van der Waals surface area contributed by atoms with Gasteiger partial charge in [-0.3, -0.25) is 5.41 Å². The molecule has 2 aliphatic rings. The first-order valence-electron chi connectivity index (χ1n) is 6.24. The van der Waals surface area contributed by atoms with Gasteiger partial charge in [-0.1, -0.05) is 24.3 Å². The Morgan fingerprint density at radius 3 is 2.94 bits per heavy atom. The first-order chi connectivity index (χ1) is 8.18. The SMILES string of the molecule is CC1(CN2Cc3ccccc3C2=N)CCCO1. The highest BCUT2D eigenvalue weighted by atomic mass is 16.5. The van der Waals surface area contributed by atoms with Crippen molar-refractivity contribution in [2.75, 3.05) is 13.2 Å². The Balaban J connectivity index is 1.78. The number of fused-ring (bicyclic) bond motifs is 1. The zero-order chi connectivity index (χ0) is 11.9. The summed E-state index contributed by atoms with van der Waals surface area (Å²) in [6, 6.07) is 8.20. The number of hydrogen-bond donors (Lipinski definition) is 1. The van der Waals surface area contributed by atoms with Crippen molar-refractivity contribution in [2.24, 2.45) is 0 Å². The van der Waals surface area contributed by atoms with E-state index in [4.69, 9.17) is 10.1 Å². The van der Waals surface area contributed by atoms with Gasteiger partial charge in [0.1, 0.15) is 5.84 Å². The van der Waals surface area contributed by atoms with Gasteiger partial charge in [-0.05, 0) is 25.3 Å². The van der Waals surface area contributed by atoms with Crippen LogP contribution in [0.4, 0.5) is 0 Å². The van der Waals surface area contributed by atoms with Crippen molar-refractivity contribution in [2.45, 2.75) is 31.9 Å². The molecule has 0 aromatic heterocycles. The Morgan fingerprint density at radius 2 is 2.24 bits per heavy atom. The lowest BCUT2D eigenvalue weighted by Gasteiger charge is -2.30. The average molecular weight is 230 g/mol. The molecule has 1 N–H and O–H groups in total. The van der Waals surface area contributed by atoms with E-state index >= 15 is 0 Å². The first kappa shape index (κ1) is 10.8. The fraction of sp³-hybridized carbons (Fsp3) is 0.500. The molecule has 3 rings (SSSR count). The number of benzene rings is 1. The lowest BCUT2D eigenvalue weighted by atomic mass is 10.0. The minimum Gasteiger partial charge on any atom is -0.373 e. The fourth-order valence-electron chi connectivity index (χ4n) is 2.84. The molecule has 0 aliphatic carbocycles. The van der Waals surface area contributed by atoms with Crippen molar-refractivity contribution >= 4 is 5.84 Å². The number of amidine groups is 1. The molecular weight excluding hydrogens is 212 g/mol. The Morgan fingerprint density at radius 1 is 1.41 bits per heavy atom. The molecule has 0 bridgehead atoms. The van der Waals surface area contributed by atoms with Crippen LogP contribution in [0.15, 0.2) is 24.3 Å². The first-order valence-corrected chi connectivity index (χ1v) is 6.24. The summed E-state index contributed by atoms with van der Waals surface area (Å²) in [5.74, 6) is 0.650. The van der Waals surface area contributed by atoms with Crippen molar-refractivity contribution in [3.8, 4) is 0 Å². The third-order valence-corrected chi connectivity index (χ3v) is 3.78. The number of ether oxygens (including phenoxy) is 1. The maximum absolute atomic E-state index is 8.21. The van der Waals surface area contributed by atoms with Crippen LogP contribution in [0.5, 0.6) is 0 Å². The van der Waals surface area contributed by atoms with Gasteiger partial charge in [0.15, 0.2) is 0 Å². The third-order valence-electron chi connectivity index (χ3n) is 3.78. The minimum atomic E-state index is -0.0612. The molecule has 0 saturated carbocycles. The van der Waals surface area contributed by atoms with E-state index in [0.717, 1.165) is 38.1 Å². The van der Waals surface area contributed by atoms with Crippen LogP contribution in [0.2, 0.25) is 0 Å². The van der Waals surface area contributed by atoms with Crippen LogP contribution >= 0.6 is 0 Å². The fourth-order valence-corrected chi connectivity index (χ4v) is 2.84. The summed E-state index contributed by atoms with van der Waals surface area (Å²) < 4.78 is 5.81. The van der Waals surface area contributed by atoms with E-state index in [1.807, 2.05) is 18.2 Å². The second-order valence-corrected chi connectivity index (χ2v) is 5.26. The minimum absolute atomic E-state index is 0.0612. The van der Waals surface area contributed by atoms with E-state index in [2.05, 4.69) is 17.9 Å². The molecule has 1 fully saturated rings. The number of nitrogens with zero attached hydrogens (tertiary/aromatic N) is 1. The summed E-state index contributed by atoms with van der Waals surface area (Å²) in [7, 11) is 0. The van der Waals surface area contributed by atoms with Gasteiger partial charge in [-0.15, -0.1) is 0 Å². The van der Waals surface area contributed by atoms with Crippen molar-refractivity contribution < 1.29 is 4.74 Å². The smallest absolute Gasteiger partial charge is 0.128 e. The largest absolute Gasteiger partial charge is 0.373 e. The average Bonchev–Trinajstić information content (AvgIpc) is 2.86. The number of hydrogen-bond acceptors (Lipinski definition) is 2. The summed E-state index contributed by atoms with van der Waals surface area (Å²) >= 11 is 0. The van der Waals surface area contributed by atoms with Crippen molar-refractivity contribution in [1.82, 2.24) is 4.90 Å². The number of nitrogens with one attached hydrogen (secondary N) is 1. The van der Waals surface area contributed by atoms with E-state index in [1.54, 1.807) is 0 Å². The molecule has 3 nitrogen and oxygen atoms in total. The van der Waals surface area contributed by atoms with Gasteiger partial charge in [-0.25, -0.2) is 0 Å². The number of rotatable bonds is 2. The third kappa shape index (κ3) is 1.84. The molecule has 90 valence electrons. The van der Waals surface area contributed by atoms with Gasteiger partial charge < -0.3 is 9.64 Å². The second kappa shape index (κ2) is 3.84. The van der Waals surface area contributed by atoms with Crippen LogP contribution < -0.4 is 0 Å². The van der Waals surface area contributed by atoms with Crippen molar-refractivity contribution in [3.63, 3.8) is 0 Å². The van der Waals surface area contributed by atoms with Gasteiger partial charge in [0, 0.05) is 25.3 Å². The Kier molecular flexibility index (Phi) is 2.44.